The van der Waals surface area contributed by atoms with Gasteiger partial charge in [0.2, 0.25) is 0 Å². The minimum atomic E-state index is -4.47. The van der Waals surface area contributed by atoms with Gasteiger partial charge in [-0.1, -0.05) is 12.1 Å². The molecule has 1 fully saturated rings. The van der Waals surface area contributed by atoms with E-state index in [2.05, 4.69) is 0 Å². The molecular formula is C12H13F3O2. The minimum Gasteiger partial charge on any atom is -0.507 e. The van der Waals surface area contributed by atoms with E-state index in [-0.39, 0.29) is 0 Å². The first kappa shape index (κ1) is 13.5. The van der Waals surface area contributed by atoms with Crippen LogP contribution < -0.4 is 0 Å². The first-order valence-electron chi connectivity index (χ1n) is 5.28. The normalized spacial score (nSPS) is 15.4. The van der Waals surface area contributed by atoms with Crippen LogP contribution in [-0.2, 0) is 11.0 Å². The molecular weight excluding hydrogens is 233 g/mol. The molecule has 1 saturated carbocycles. The summed E-state index contributed by atoms with van der Waals surface area (Å²) in [7, 11) is 0. The minimum absolute atomic E-state index is 0.454. The second-order valence-corrected chi connectivity index (χ2v) is 3.76. The van der Waals surface area contributed by atoms with E-state index in [4.69, 9.17) is 5.11 Å². The molecule has 0 aliphatic heterocycles. The van der Waals surface area contributed by atoms with Gasteiger partial charge >= 0.3 is 6.18 Å². The number of carbonyl (C=O) groups is 1. The molecule has 1 N–H and O–H groups in total. The predicted molar refractivity (Wildman–Crippen MR) is 56.6 cm³/mol. The van der Waals surface area contributed by atoms with Crippen molar-refractivity contribution in [2.24, 2.45) is 0 Å². The topological polar surface area (TPSA) is 37.3 Å². The number of ketones is 1. The standard InChI is InChI=1S/C7H5F3O.C5H8O/c8-7(9,10)5-3-1-2-4-6(5)11;6-5-3-1-2-4-5/h1-4,11H;1-4H2. The molecule has 0 heterocycles. The Hall–Kier alpha value is -1.52. The van der Waals surface area contributed by atoms with Crippen LogP contribution in [0.4, 0.5) is 13.2 Å². The van der Waals surface area contributed by atoms with Gasteiger partial charge in [0, 0.05) is 12.8 Å². The van der Waals surface area contributed by atoms with Crippen molar-refractivity contribution >= 4 is 5.78 Å². The lowest BCUT2D eigenvalue weighted by atomic mass is 10.2. The Bertz CT molecular complexity index is 378. The molecule has 1 aliphatic carbocycles. The molecule has 0 bridgehead atoms. The molecule has 2 nitrogen and oxygen atoms in total. The van der Waals surface area contributed by atoms with Gasteiger partial charge in [0.1, 0.15) is 11.5 Å². The van der Waals surface area contributed by atoms with Crippen molar-refractivity contribution in [3.63, 3.8) is 0 Å². The summed E-state index contributed by atoms with van der Waals surface area (Å²) in [6.07, 6.45) is -0.497. The summed E-state index contributed by atoms with van der Waals surface area (Å²) in [6.45, 7) is 0. The van der Waals surface area contributed by atoms with Gasteiger partial charge in [0.25, 0.3) is 0 Å². The summed E-state index contributed by atoms with van der Waals surface area (Å²) < 4.78 is 35.7. The zero-order valence-corrected chi connectivity index (χ0v) is 9.13. The largest absolute Gasteiger partial charge is 0.507 e. The maximum absolute atomic E-state index is 11.9. The molecule has 2 rings (SSSR count). The summed E-state index contributed by atoms with van der Waals surface area (Å²) in [5.41, 5.74) is -1.000. The maximum atomic E-state index is 11.9. The van der Waals surface area contributed by atoms with Crippen molar-refractivity contribution in [1.82, 2.24) is 0 Å². The highest BCUT2D eigenvalue weighted by atomic mass is 19.4. The van der Waals surface area contributed by atoms with Crippen LogP contribution in [0.2, 0.25) is 0 Å². The molecule has 0 amide bonds. The number of Topliss-reactive ketones (excluding diaryl/α,β-unsaturated/α-hetero) is 1. The van der Waals surface area contributed by atoms with E-state index in [0.29, 0.717) is 5.78 Å². The molecule has 0 atom stereocenters. The van der Waals surface area contributed by atoms with Crippen LogP contribution in [0.1, 0.15) is 31.2 Å². The number of hydrogen-bond acceptors (Lipinski definition) is 2. The van der Waals surface area contributed by atoms with Crippen LogP contribution in [0, 0.1) is 0 Å². The van der Waals surface area contributed by atoms with Crippen LogP contribution in [0.3, 0.4) is 0 Å². The maximum Gasteiger partial charge on any atom is 0.419 e. The first-order valence-corrected chi connectivity index (χ1v) is 5.28. The Morgan fingerprint density at radius 1 is 1.06 bits per heavy atom. The number of halogens is 3. The Kier molecular flexibility index (Phi) is 4.54. The van der Waals surface area contributed by atoms with Gasteiger partial charge in [-0.3, -0.25) is 4.79 Å². The molecule has 94 valence electrons. The third-order valence-electron chi connectivity index (χ3n) is 2.37. The first-order chi connectivity index (χ1) is 7.91. The fraction of sp³-hybridized carbons (Fsp3) is 0.417. The molecule has 1 aromatic carbocycles. The number of aromatic hydroxyl groups is 1. The lowest BCUT2D eigenvalue weighted by molar-refractivity contribution is -0.138. The zero-order chi connectivity index (χ0) is 12.9. The predicted octanol–water partition coefficient (Wildman–Crippen LogP) is 3.54. The quantitative estimate of drug-likeness (QED) is 0.760. The smallest absolute Gasteiger partial charge is 0.419 e. The molecule has 1 aromatic rings. The molecule has 0 aromatic heterocycles. The van der Waals surface area contributed by atoms with E-state index < -0.39 is 17.5 Å². The van der Waals surface area contributed by atoms with Gasteiger partial charge in [0.15, 0.2) is 0 Å². The third-order valence-corrected chi connectivity index (χ3v) is 2.37. The summed E-state index contributed by atoms with van der Waals surface area (Å²) in [5, 5.41) is 8.73. The average molecular weight is 246 g/mol. The number of para-hydroxylation sites is 1. The summed E-state index contributed by atoms with van der Waals surface area (Å²) in [5.74, 6) is -0.282. The van der Waals surface area contributed by atoms with Gasteiger partial charge in [0.05, 0.1) is 5.56 Å². The summed E-state index contributed by atoms with van der Waals surface area (Å²) in [4.78, 5) is 10.2. The van der Waals surface area contributed by atoms with Gasteiger partial charge in [-0.25, -0.2) is 0 Å². The zero-order valence-electron chi connectivity index (χ0n) is 9.13. The Morgan fingerprint density at radius 3 is 1.88 bits per heavy atom. The summed E-state index contributed by atoms with van der Waals surface area (Å²) >= 11 is 0. The number of phenolic OH excluding ortho intramolecular Hbond substituents is 1. The van der Waals surface area contributed by atoms with Gasteiger partial charge in [-0.2, -0.15) is 13.2 Å². The van der Waals surface area contributed by atoms with Crippen LogP contribution in [0.15, 0.2) is 24.3 Å². The Labute approximate surface area is 97.1 Å². The van der Waals surface area contributed by atoms with Gasteiger partial charge < -0.3 is 5.11 Å². The van der Waals surface area contributed by atoms with Crippen LogP contribution in [0.25, 0.3) is 0 Å². The average Bonchev–Trinajstić information content (AvgIpc) is 2.69. The summed E-state index contributed by atoms with van der Waals surface area (Å²) in [6, 6.07) is 4.39. The molecule has 0 radical (unpaired) electrons. The van der Waals surface area contributed by atoms with Crippen molar-refractivity contribution in [2.75, 3.05) is 0 Å². The van der Waals surface area contributed by atoms with E-state index in [0.717, 1.165) is 37.8 Å². The third kappa shape index (κ3) is 4.46. The fourth-order valence-corrected chi connectivity index (χ4v) is 1.48. The van der Waals surface area contributed by atoms with E-state index in [1.54, 1.807) is 0 Å². The van der Waals surface area contributed by atoms with Crippen LogP contribution in [-0.4, -0.2) is 10.9 Å². The molecule has 0 unspecified atom stereocenters. The van der Waals surface area contributed by atoms with Crippen molar-refractivity contribution < 1.29 is 23.1 Å². The second-order valence-electron chi connectivity index (χ2n) is 3.76. The molecule has 0 spiro atoms. The fourth-order valence-electron chi connectivity index (χ4n) is 1.48. The molecule has 0 saturated heterocycles. The van der Waals surface area contributed by atoms with Crippen LogP contribution >= 0.6 is 0 Å². The Morgan fingerprint density at radius 2 is 1.59 bits per heavy atom. The molecule has 1 aliphatic rings. The van der Waals surface area contributed by atoms with Crippen molar-refractivity contribution in [3.8, 4) is 5.75 Å². The second kappa shape index (κ2) is 5.70. The van der Waals surface area contributed by atoms with E-state index in [9.17, 15) is 18.0 Å². The van der Waals surface area contributed by atoms with Crippen molar-refractivity contribution in [3.05, 3.63) is 29.8 Å². The SMILES string of the molecule is O=C1CCCC1.Oc1ccccc1C(F)(F)F. The van der Waals surface area contributed by atoms with Crippen LogP contribution in [0.5, 0.6) is 5.75 Å². The number of carbonyl (C=O) groups excluding carboxylic acids is 1. The monoisotopic (exact) mass is 246 g/mol. The highest BCUT2D eigenvalue weighted by Gasteiger charge is 2.33. The van der Waals surface area contributed by atoms with E-state index >= 15 is 0 Å². The van der Waals surface area contributed by atoms with Crippen molar-refractivity contribution in [1.29, 1.82) is 0 Å². The lowest BCUT2D eigenvalue weighted by Gasteiger charge is -2.06. The highest BCUT2D eigenvalue weighted by molar-refractivity contribution is 5.80. The number of phenols is 1. The van der Waals surface area contributed by atoms with Gasteiger partial charge in [-0.05, 0) is 25.0 Å². The number of alkyl halides is 3. The lowest BCUT2D eigenvalue weighted by Crippen LogP contribution is -2.04. The highest BCUT2D eigenvalue weighted by Crippen LogP contribution is 2.34. The number of rotatable bonds is 0. The van der Waals surface area contributed by atoms with Gasteiger partial charge in [-0.15, -0.1) is 0 Å². The van der Waals surface area contributed by atoms with E-state index in [1.165, 1.54) is 12.1 Å². The molecule has 17 heavy (non-hydrogen) atoms. The Balaban J connectivity index is 0.000000202. The molecule has 5 heteroatoms. The number of hydrogen-bond donors (Lipinski definition) is 1. The van der Waals surface area contributed by atoms with E-state index in [1.807, 2.05) is 0 Å². The van der Waals surface area contributed by atoms with Crippen molar-refractivity contribution in [2.45, 2.75) is 31.9 Å². The number of benzene rings is 1.